The van der Waals surface area contributed by atoms with Crippen molar-refractivity contribution in [3.63, 3.8) is 0 Å². The lowest BCUT2D eigenvalue weighted by molar-refractivity contribution is 0.0810. The fourth-order valence-corrected chi connectivity index (χ4v) is 2.28. The van der Waals surface area contributed by atoms with Gasteiger partial charge in [-0.05, 0) is 44.1 Å². The summed E-state index contributed by atoms with van der Waals surface area (Å²) in [4.78, 5) is 0. The first-order chi connectivity index (χ1) is 6.77. The molecule has 2 unspecified atom stereocenters. The van der Waals surface area contributed by atoms with Crippen molar-refractivity contribution < 1.29 is 4.74 Å². The Hall–Kier alpha value is -0.0800. The van der Waals surface area contributed by atoms with Crippen LogP contribution in [-0.4, -0.2) is 25.3 Å². The van der Waals surface area contributed by atoms with Crippen molar-refractivity contribution in [2.24, 2.45) is 11.8 Å². The Kier molecular flexibility index (Phi) is 3.45. The van der Waals surface area contributed by atoms with E-state index in [1.165, 1.54) is 25.7 Å². The molecule has 2 heteroatoms. The molecule has 0 bridgehead atoms. The molecule has 2 fully saturated rings. The fourth-order valence-electron chi connectivity index (χ4n) is 2.28. The summed E-state index contributed by atoms with van der Waals surface area (Å²) in [5.74, 6) is 1.69. The van der Waals surface area contributed by atoms with Gasteiger partial charge in [-0.2, -0.15) is 0 Å². The van der Waals surface area contributed by atoms with E-state index in [1.54, 1.807) is 0 Å². The summed E-state index contributed by atoms with van der Waals surface area (Å²) < 4.78 is 5.78. The zero-order chi connectivity index (χ0) is 9.97. The monoisotopic (exact) mass is 197 g/mol. The smallest absolute Gasteiger partial charge is 0.0756 e. The molecule has 0 radical (unpaired) electrons. The zero-order valence-corrected chi connectivity index (χ0v) is 9.46. The number of hydrogen-bond donors (Lipinski definition) is 1. The van der Waals surface area contributed by atoms with E-state index in [0.717, 1.165) is 25.0 Å². The van der Waals surface area contributed by atoms with E-state index >= 15 is 0 Å². The molecule has 1 N–H and O–H groups in total. The van der Waals surface area contributed by atoms with Crippen LogP contribution in [0, 0.1) is 11.8 Å². The number of ether oxygens (including phenoxy) is 1. The number of nitrogens with one attached hydrogen (secondary N) is 1. The highest BCUT2D eigenvalue weighted by Crippen LogP contribution is 2.38. The zero-order valence-electron chi connectivity index (χ0n) is 9.46. The Labute approximate surface area is 87.4 Å². The molecule has 2 aliphatic rings. The van der Waals surface area contributed by atoms with Crippen LogP contribution in [-0.2, 0) is 4.74 Å². The minimum atomic E-state index is 0.544. The molecule has 1 saturated carbocycles. The van der Waals surface area contributed by atoms with Gasteiger partial charge in [-0.25, -0.2) is 0 Å². The van der Waals surface area contributed by atoms with Crippen LogP contribution < -0.4 is 5.32 Å². The summed E-state index contributed by atoms with van der Waals surface area (Å²) >= 11 is 0. The van der Waals surface area contributed by atoms with Gasteiger partial charge >= 0.3 is 0 Å². The van der Waals surface area contributed by atoms with E-state index in [-0.39, 0.29) is 0 Å². The van der Waals surface area contributed by atoms with E-state index in [0.29, 0.717) is 12.1 Å². The molecule has 0 spiro atoms. The Bertz CT molecular complexity index is 177. The van der Waals surface area contributed by atoms with Crippen molar-refractivity contribution in [3.8, 4) is 0 Å². The molecule has 1 aliphatic heterocycles. The third kappa shape index (κ3) is 2.71. The van der Waals surface area contributed by atoms with Gasteiger partial charge in [-0.15, -0.1) is 0 Å². The first-order valence-corrected chi connectivity index (χ1v) is 6.12. The van der Waals surface area contributed by atoms with Crippen molar-refractivity contribution in [2.45, 2.75) is 51.7 Å². The molecule has 1 saturated heterocycles. The molecule has 2 nitrogen and oxygen atoms in total. The maximum absolute atomic E-state index is 5.78. The highest BCUT2D eigenvalue weighted by molar-refractivity contribution is 4.93. The molecule has 2 atom stereocenters. The van der Waals surface area contributed by atoms with Gasteiger partial charge in [0.05, 0.1) is 6.10 Å². The van der Waals surface area contributed by atoms with Gasteiger partial charge in [0.1, 0.15) is 0 Å². The van der Waals surface area contributed by atoms with Gasteiger partial charge in [0, 0.05) is 12.6 Å². The second-order valence-electron chi connectivity index (χ2n) is 5.20. The summed E-state index contributed by atoms with van der Waals surface area (Å²) in [6, 6.07) is 0.654. The van der Waals surface area contributed by atoms with E-state index in [2.05, 4.69) is 19.2 Å². The van der Waals surface area contributed by atoms with E-state index in [4.69, 9.17) is 4.74 Å². The molecule has 1 aliphatic carbocycles. The molecule has 0 aromatic heterocycles. The quantitative estimate of drug-likeness (QED) is 0.729. The minimum Gasteiger partial charge on any atom is -0.376 e. The van der Waals surface area contributed by atoms with Crippen LogP contribution in [0.25, 0.3) is 0 Å². The predicted octanol–water partition coefficient (Wildman–Crippen LogP) is 2.19. The molecule has 0 aromatic carbocycles. The minimum absolute atomic E-state index is 0.544. The van der Waals surface area contributed by atoms with Crippen LogP contribution >= 0.6 is 0 Å². The van der Waals surface area contributed by atoms with Crippen LogP contribution in [0.2, 0.25) is 0 Å². The fraction of sp³-hybridized carbons (Fsp3) is 1.00. The predicted molar refractivity (Wildman–Crippen MR) is 58.3 cm³/mol. The maximum atomic E-state index is 5.78. The molecule has 2 rings (SSSR count). The second-order valence-corrected chi connectivity index (χ2v) is 5.20. The van der Waals surface area contributed by atoms with Crippen LogP contribution in [0.3, 0.4) is 0 Å². The normalized spacial score (nSPS) is 32.8. The summed E-state index contributed by atoms with van der Waals surface area (Å²) in [6.07, 6.45) is 5.84. The van der Waals surface area contributed by atoms with Gasteiger partial charge in [-0.1, -0.05) is 13.8 Å². The molecule has 0 amide bonds. The van der Waals surface area contributed by atoms with Crippen LogP contribution in [0.5, 0.6) is 0 Å². The first kappa shape index (κ1) is 10.4. The third-order valence-electron chi connectivity index (χ3n) is 3.35. The van der Waals surface area contributed by atoms with Crippen LogP contribution in [0.4, 0.5) is 0 Å². The summed E-state index contributed by atoms with van der Waals surface area (Å²) in [5, 5.41) is 3.66. The standard InChI is InChI=1S/C12H23NO/c1-9(2)5-7-13-11-6-8-14-12(11)10-3-4-10/h9-13H,3-8H2,1-2H3. The van der Waals surface area contributed by atoms with Gasteiger partial charge in [0.25, 0.3) is 0 Å². The first-order valence-electron chi connectivity index (χ1n) is 6.12. The van der Waals surface area contributed by atoms with Crippen molar-refractivity contribution in [2.75, 3.05) is 13.2 Å². The molecular formula is C12H23NO. The van der Waals surface area contributed by atoms with E-state index < -0.39 is 0 Å². The Morgan fingerprint density at radius 2 is 2.07 bits per heavy atom. The summed E-state index contributed by atoms with van der Waals surface area (Å²) in [5.41, 5.74) is 0. The largest absolute Gasteiger partial charge is 0.376 e. The van der Waals surface area contributed by atoms with Crippen molar-refractivity contribution >= 4 is 0 Å². The topological polar surface area (TPSA) is 21.3 Å². The lowest BCUT2D eigenvalue weighted by Crippen LogP contribution is -2.38. The van der Waals surface area contributed by atoms with Crippen molar-refractivity contribution in [3.05, 3.63) is 0 Å². The number of rotatable bonds is 5. The van der Waals surface area contributed by atoms with Crippen LogP contribution in [0.1, 0.15) is 39.5 Å². The van der Waals surface area contributed by atoms with Crippen LogP contribution in [0.15, 0.2) is 0 Å². The van der Waals surface area contributed by atoms with E-state index in [9.17, 15) is 0 Å². The SMILES string of the molecule is CC(C)CCNC1CCOC1C1CC1. The molecule has 82 valence electrons. The van der Waals surface area contributed by atoms with Gasteiger partial charge in [0.2, 0.25) is 0 Å². The van der Waals surface area contributed by atoms with Gasteiger partial charge in [-0.3, -0.25) is 0 Å². The number of hydrogen-bond acceptors (Lipinski definition) is 2. The average Bonchev–Trinajstić information content (AvgIpc) is 2.87. The maximum Gasteiger partial charge on any atom is 0.0756 e. The van der Waals surface area contributed by atoms with Gasteiger partial charge < -0.3 is 10.1 Å². The Morgan fingerprint density at radius 3 is 2.71 bits per heavy atom. The lowest BCUT2D eigenvalue weighted by Gasteiger charge is -2.19. The molecule has 0 aromatic rings. The van der Waals surface area contributed by atoms with Crippen molar-refractivity contribution in [1.29, 1.82) is 0 Å². The summed E-state index contributed by atoms with van der Waals surface area (Å²) in [7, 11) is 0. The Balaban J connectivity index is 1.68. The van der Waals surface area contributed by atoms with Gasteiger partial charge in [0.15, 0.2) is 0 Å². The Morgan fingerprint density at radius 1 is 1.29 bits per heavy atom. The third-order valence-corrected chi connectivity index (χ3v) is 3.35. The molecule has 14 heavy (non-hydrogen) atoms. The average molecular weight is 197 g/mol. The lowest BCUT2D eigenvalue weighted by atomic mass is 10.1. The molecular weight excluding hydrogens is 174 g/mol. The summed E-state index contributed by atoms with van der Waals surface area (Å²) in [6.45, 7) is 6.70. The highest BCUT2D eigenvalue weighted by Gasteiger charge is 2.40. The molecule has 1 heterocycles. The second kappa shape index (κ2) is 4.63. The van der Waals surface area contributed by atoms with E-state index in [1.807, 2.05) is 0 Å². The highest BCUT2D eigenvalue weighted by atomic mass is 16.5. The van der Waals surface area contributed by atoms with Crippen molar-refractivity contribution in [1.82, 2.24) is 5.32 Å².